The van der Waals surface area contributed by atoms with Gasteiger partial charge in [0.15, 0.2) is 0 Å². The van der Waals surface area contributed by atoms with Crippen molar-refractivity contribution in [3.05, 3.63) is 35.9 Å². The normalized spacial score (nSPS) is 12.8. The van der Waals surface area contributed by atoms with E-state index in [1.165, 1.54) is 44.9 Å². The summed E-state index contributed by atoms with van der Waals surface area (Å²) < 4.78 is 17.2. The third-order valence-corrected chi connectivity index (χ3v) is 6.29. The van der Waals surface area contributed by atoms with Crippen molar-refractivity contribution < 1.29 is 23.8 Å². The second-order valence-corrected chi connectivity index (χ2v) is 9.72. The Morgan fingerprint density at radius 2 is 1.26 bits per heavy atom. The predicted octanol–water partition coefficient (Wildman–Crippen LogP) is 7.80. The molecule has 1 aromatic carbocycles. The molecule has 0 heterocycles. The van der Waals surface area contributed by atoms with Gasteiger partial charge in [-0.15, -0.1) is 0 Å². The van der Waals surface area contributed by atoms with E-state index in [1.807, 2.05) is 37.3 Å². The summed E-state index contributed by atoms with van der Waals surface area (Å²) >= 11 is 0. The molecule has 5 nitrogen and oxygen atoms in total. The Hall–Kier alpha value is -1.88. The molecule has 0 aromatic heterocycles. The zero-order valence-electron chi connectivity index (χ0n) is 22.6. The molecule has 0 aliphatic carbocycles. The average Bonchev–Trinajstić information content (AvgIpc) is 2.86. The average molecular weight is 491 g/mol. The molecule has 0 N–H and O–H groups in total. The lowest BCUT2D eigenvalue weighted by Crippen LogP contribution is -2.33. The topological polar surface area (TPSA) is 61.8 Å². The Morgan fingerprint density at radius 1 is 0.714 bits per heavy atom. The van der Waals surface area contributed by atoms with Gasteiger partial charge >= 0.3 is 11.9 Å². The standard InChI is InChI=1S/C30H50O5/c1-4-6-8-10-12-17-21-29(31)34-23-26(3)28(25-33-24-27-19-15-14-16-20-27)35-30(32)22-18-13-11-9-7-5-2/h14-16,19-20,26,28H,4-13,17-18,21-25H2,1-3H3/t26?,28-/m0/s1. The van der Waals surface area contributed by atoms with Gasteiger partial charge < -0.3 is 14.2 Å². The molecule has 0 radical (unpaired) electrons. The Morgan fingerprint density at radius 3 is 1.86 bits per heavy atom. The van der Waals surface area contributed by atoms with Crippen LogP contribution in [0.2, 0.25) is 0 Å². The zero-order chi connectivity index (χ0) is 25.6. The Labute approximate surface area is 214 Å². The number of unbranched alkanes of at least 4 members (excludes halogenated alkanes) is 10. The van der Waals surface area contributed by atoms with Crippen LogP contribution >= 0.6 is 0 Å². The summed E-state index contributed by atoms with van der Waals surface area (Å²) in [5.74, 6) is -0.499. The lowest BCUT2D eigenvalue weighted by atomic mass is 10.1. The van der Waals surface area contributed by atoms with Crippen LogP contribution in [0.1, 0.15) is 116 Å². The molecule has 0 bridgehead atoms. The van der Waals surface area contributed by atoms with Gasteiger partial charge in [0.1, 0.15) is 6.10 Å². The molecule has 5 heteroatoms. The highest BCUT2D eigenvalue weighted by atomic mass is 16.6. The Balaban J connectivity index is 2.42. The molecule has 1 unspecified atom stereocenters. The Kier molecular flexibility index (Phi) is 19.1. The zero-order valence-corrected chi connectivity index (χ0v) is 22.6. The fourth-order valence-corrected chi connectivity index (χ4v) is 3.91. The molecule has 1 rings (SSSR count). The summed E-state index contributed by atoms with van der Waals surface area (Å²) in [6.45, 7) is 7.32. The van der Waals surface area contributed by atoms with Gasteiger partial charge in [-0.2, -0.15) is 0 Å². The maximum absolute atomic E-state index is 12.5. The van der Waals surface area contributed by atoms with Crippen LogP contribution in [0, 0.1) is 5.92 Å². The van der Waals surface area contributed by atoms with Crippen molar-refractivity contribution in [1.29, 1.82) is 0 Å². The Bertz CT molecular complexity index is 645. The predicted molar refractivity (Wildman–Crippen MR) is 142 cm³/mol. The quantitative estimate of drug-likeness (QED) is 0.123. The van der Waals surface area contributed by atoms with Gasteiger partial charge in [-0.05, 0) is 18.4 Å². The molecule has 0 aliphatic rings. The minimum absolute atomic E-state index is 0.132. The van der Waals surface area contributed by atoms with Crippen LogP contribution in [0.15, 0.2) is 30.3 Å². The molecule has 0 spiro atoms. The first-order chi connectivity index (χ1) is 17.1. The van der Waals surface area contributed by atoms with E-state index in [9.17, 15) is 9.59 Å². The number of hydrogen-bond acceptors (Lipinski definition) is 5. The first-order valence-electron chi connectivity index (χ1n) is 14.0. The van der Waals surface area contributed by atoms with E-state index in [0.29, 0.717) is 19.4 Å². The van der Waals surface area contributed by atoms with Crippen LogP contribution in [0.25, 0.3) is 0 Å². The van der Waals surface area contributed by atoms with E-state index in [4.69, 9.17) is 14.2 Å². The SMILES string of the molecule is CCCCCCCCC(=O)OCC(C)[C@H](COCc1ccccc1)OC(=O)CCCCCCCC. The molecular weight excluding hydrogens is 440 g/mol. The number of esters is 2. The van der Waals surface area contributed by atoms with Gasteiger partial charge in [-0.25, -0.2) is 0 Å². The van der Waals surface area contributed by atoms with Gasteiger partial charge in [-0.3, -0.25) is 9.59 Å². The van der Waals surface area contributed by atoms with Gasteiger partial charge in [0, 0.05) is 18.8 Å². The molecule has 2 atom stereocenters. The monoisotopic (exact) mass is 490 g/mol. The lowest BCUT2D eigenvalue weighted by Gasteiger charge is -2.24. The summed E-state index contributed by atoms with van der Waals surface area (Å²) in [6.07, 6.45) is 14.0. The fourth-order valence-electron chi connectivity index (χ4n) is 3.91. The number of benzene rings is 1. The van der Waals surface area contributed by atoms with Crippen LogP contribution in [0.5, 0.6) is 0 Å². The smallest absolute Gasteiger partial charge is 0.306 e. The van der Waals surface area contributed by atoms with Crippen molar-refractivity contribution in [2.45, 2.75) is 123 Å². The summed E-state index contributed by atoms with van der Waals surface area (Å²) in [6, 6.07) is 9.93. The van der Waals surface area contributed by atoms with Crippen molar-refractivity contribution in [3.8, 4) is 0 Å². The van der Waals surface area contributed by atoms with E-state index in [1.54, 1.807) is 0 Å². The molecule has 0 aliphatic heterocycles. The summed E-state index contributed by atoms with van der Waals surface area (Å²) in [7, 11) is 0. The maximum Gasteiger partial charge on any atom is 0.306 e. The number of carbonyl (C=O) groups is 2. The van der Waals surface area contributed by atoms with E-state index in [-0.39, 0.29) is 31.1 Å². The van der Waals surface area contributed by atoms with Crippen LogP contribution in [0.3, 0.4) is 0 Å². The number of carbonyl (C=O) groups excluding carboxylic acids is 2. The largest absolute Gasteiger partial charge is 0.465 e. The van der Waals surface area contributed by atoms with Gasteiger partial charge in [0.25, 0.3) is 0 Å². The van der Waals surface area contributed by atoms with Crippen molar-refractivity contribution >= 4 is 11.9 Å². The van der Waals surface area contributed by atoms with E-state index < -0.39 is 6.10 Å². The van der Waals surface area contributed by atoms with Gasteiger partial charge in [-0.1, -0.05) is 115 Å². The van der Waals surface area contributed by atoms with Crippen molar-refractivity contribution in [1.82, 2.24) is 0 Å². The van der Waals surface area contributed by atoms with Gasteiger partial charge in [0.05, 0.1) is 19.8 Å². The molecule has 35 heavy (non-hydrogen) atoms. The third kappa shape index (κ3) is 17.2. The fraction of sp³-hybridized carbons (Fsp3) is 0.733. The number of hydrogen-bond donors (Lipinski definition) is 0. The van der Waals surface area contributed by atoms with Gasteiger partial charge in [0.2, 0.25) is 0 Å². The van der Waals surface area contributed by atoms with E-state index in [0.717, 1.165) is 37.7 Å². The first-order valence-corrected chi connectivity index (χ1v) is 14.0. The van der Waals surface area contributed by atoms with Crippen LogP contribution in [-0.4, -0.2) is 31.3 Å². The summed E-state index contributed by atoms with van der Waals surface area (Å²) in [5, 5.41) is 0. The van der Waals surface area contributed by atoms with Crippen LogP contribution in [-0.2, 0) is 30.4 Å². The number of ether oxygens (including phenoxy) is 3. The molecule has 200 valence electrons. The van der Waals surface area contributed by atoms with E-state index >= 15 is 0 Å². The maximum atomic E-state index is 12.5. The highest BCUT2D eigenvalue weighted by molar-refractivity contribution is 5.70. The molecule has 0 saturated carbocycles. The lowest BCUT2D eigenvalue weighted by molar-refractivity contribution is -0.159. The minimum atomic E-state index is -0.437. The molecule has 1 aromatic rings. The highest BCUT2D eigenvalue weighted by Crippen LogP contribution is 2.15. The summed E-state index contributed by atoms with van der Waals surface area (Å²) in [5.41, 5.74) is 1.07. The molecular formula is C30H50O5. The second-order valence-electron chi connectivity index (χ2n) is 9.72. The molecule has 0 saturated heterocycles. The second kappa shape index (κ2) is 21.4. The minimum Gasteiger partial charge on any atom is -0.465 e. The van der Waals surface area contributed by atoms with Crippen molar-refractivity contribution in [2.75, 3.05) is 13.2 Å². The number of rotatable bonds is 22. The van der Waals surface area contributed by atoms with Crippen LogP contribution < -0.4 is 0 Å². The highest BCUT2D eigenvalue weighted by Gasteiger charge is 2.23. The first kappa shape index (κ1) is 31.2. The van der Waals surface area contributed by atoms with Crippen LogP contribution in [0.4, 0.5) is 0 Å². The molecule has 0 fully saturated rings. The summed E-state index contributed by atoms with van der Waals surface area (Å²) in [4.78, 5) is 24.7. The van der Waals surface area contributed by atoms with Crippen molar-refractivity contribution in [2.24, 2.45) is 5.92 Å². The molecule has 0 amide bonds. The van der Waals surface area contributed by atoms with Crippen molar-refractivity contribution in [3.63, 3.8) is 0 Å². The van der Waals surface area contributed by atoms with E-state index in [2.05, 4.69) is 13.8 Å². The third-order valence-electron chi connectivity index (χ3n) is 6.29.